The number of carbonyl (C=O) groups excluding carboxylic acids is 1. The van der Waals surface area contributed by atoms with Crippen molar-refractivity contribution in [3.63, 3.8) is 0 Å². The number of guanidine groups is 1. The van der Waals surface area contributed by atoms with E-state index in [-0.39, 0.29) is 31.7 Å². The van der Waals surface area contributed by atoms with Crippen molar-refractivity contribution in [1.82, 2.24) is 9.80 Å². The van der Waals surface area contributed by atoms with E-state index in [2.05, 4.69) is 5.10 Å². The second-order valence-electron chi connectivity index (χ2n) is 5.37. The number of nitrogens with zero attached hydrogens (tertiary/aromatic N) is 4. The van der Waals surface area contributed by atoms with Crippen molar-refractivity contribution in [3.8, 4) is 0 Å². The molecule has 1 aliphatic rings. The summed E-state index contributed by atoms with van der Waals surface area (Å²) in [6, 6.07) is 9.95. The number of rotatable bonds is 7. The van der Waals surface area contributed by atoms with Gasteiger partial charge in [0.25, 0.3) is 5.96 Å². The minimum Gasteiger partial charge on any atom is -0.341 e. The number of ether oxygens (including phenoxy) is 1. The number of nitro groups is 1. The zero-order chi connectivity index (χ0) is 16.7. The van der Waals surface area contributed by atoms with E-state index in [9.17, 15) is 14.9 Å². The smallest absolute Gasteiger partial charge is 0.277 e. The Morgan fingerprint density at radius 3 is 2.78 bits per heavy atom. The number of Topliss-reactive ketones (excluding diaryl/α,β-unsaturated/α-hetero) is 1. The molecule has 1 aliphatic heterocycles. The van der Waals surface area contributed by atoms with E-state index in [4.69, 9.17) is 4.74 Å². The van der Waals surface area contributed by atoms with E-state index < -0.39 is 5.03 Å². The molecule has 1 fully saturated rings. The first-order chi connectivity index (χ1) is 11.1. The summed E-state index contributed by atoms with van der Waals surface area (Å²) in [7, 11) is 1.63. The normalized spacial score (nSPS) is 16.7. The Kier molecular flexibility index (Phi) is 6.04. The molecule has 124 valence electrons. The quantitative estimate of drug-likeness (QED) is 0.556. The van der Waals surface area contributed by atoms with Crippen LogP contribution in [0.25, 0.3) is 0 Å². The van der Waals surface area contributed by atoms with Gasteiger partial charge in [-0.05, 0) is 18.4 Å². The number of ketones is 1. The molecule has 1 aromatic carbocycles. The van der Waals surface area contributed by atoms with Crippen molar-refractivity contribution in [3.05, 3.63) is 46.0 Å². The molecule has 0 atom stereocenters. The average molecular weight is 320 g/mol. The molecule has 0 amide bonds. The third kappa shape index (κ3) is 5.33. The summed E-state index contributed by atoms with van der Waals surface area (Å²) < 4.78 is 5.28. The van der Waals surface area contributed by atoms with Crippen LogP contribution in [-0.4, -0.2) is 53.6 Å². The summed E-state index contributed by atoms with van der Waals surface area (Å²) in [5, 5.41) is 13.2. The summed E-state index contributed by atoms with van der Waals surface area (Å²) in [6.07, 6.45) is 1.99. The van der Waals surface area contributed by atoms with Gasteiger partial charge in [-0.3, -0.25) is 4.79 Å². The number of hydrazone groups is 1. The molecule has 0 aliphatic carbocycles. The highest BCUT2D eigenvalue weighted by Gasteiger charge is 2.26. The Morgan fingerprint density at radius 1 is 1.35 bits per heavy atom. The molecule has 0 saturated carbocycles. The summed E-state index contributed by atoms with van der Waals surface area (Å²) in [4.78, 5) is 25.7. The highest BCUT2D eigenvalue weighted by atomic mass is 16.7. The number of hydrogen-bond acceptors (Lipinski definition) is 4. The molecular formula is C15H20N4O4. The molecular weight excluding hydrogens is 300 g/mol. The molecule has 1 saturated heterocycles. The van der Waals surface area contributed by atoms with E-state index >= 15 is 0 Å². The van der Waals surface area contributed by atoms with Crippen molar-refractivity contribution in [2.75, 3.05) is 27.1 Å². The maximum absolute atomic E-state index is 12.1. The lowest BCUT2D eigenvalue weighted by Crippen LogP contribution is -2.51. The molecule has 8 heteroatoms. The summed E-state index contributed by atoms with van der Waals surface area (Å²) in [6.45, 7) is 0.401. The van der Waals surface area contributed by atoms with Crippen LogP contribution < -0.4 is 0 Å². The predicted molar refractivity (Wildman–Crippen MR) is 84.1 cm³/mol. The van der Waals surface area contributed by atoms with E-state index in [1.165, 1.54) is 15.4 Å². The van der Waals surface area contributed by atoms with Gasteiger partial charge in [-0.15, -0.1) is 0 Å². The van der Waals surface area contributed by atoms with Crippen LogP contribution in [0.5, 0.6) is 0 Å². The van der Waals surface area contributed by atoms with E-state index in [1.807, 2.05) is 30.3 Å². The zero-order valence-corrected chi connectivity index (χ0v) is 13.1. The Morgan fingerprint density at radius 2 is 2.09 bits per heavy atom. The highest BCUT2D eigenvalue weighted by molar-refractivity contribution is 5.87. The molecule has 2 rings (SSSR count). The fourth-order valence-corrected chi connectivity index (χ4v) is 2.40. The third-order valence-electron chi connectivity index (χ3n) is 3.46. The number of carbonyl (C=O) groups is 1. The molecule has 0 N–H and O–H groups in total. The standard InChI is InChI=1S/C15H20N4O4/c1-17-11-23-12-18(15(17)16-19(21)22)10-14(20)9-5-8-13-6-3-2-4-7-13/h2-4,6-7H,5,8-12H2,1H3. The second-order valence-corrected chi connectivity index (χ2v) is 5.37. The molecule has 0 aromatic heterocycles. The van der Waals surface area contributed by atoms with Gasteiger partial charge in [0.1, 0.15) is 18.6 Å². The van der Waals surface area contributed by atoms with E-state index in [0.29, 0.717) is 6.42 Å². The maximum atomic E-state index is 12.1. The van der Waals surface area contributed by atoms with Crippen LogP contribution in [-0.2, 0) is 16.0 Å². The van der Waals surface area contributed by atoms with Crippen LogP contribution >= 0.6 is 0 Å². The van der Waals surface area contributed by atoms with Crippen LogP contribution in [0.2, 0.25) is 0 Å². The molecule has 0 bridgehead atoms. The third-order valence-corrected chi connectivity index (χ3v) is 3.46. The lowest BCUT2D eigenvalue weighted by atomic mass is 10.1. The molecule has 0 radical (unpaired) electrons. The van der Waals surface area contributed by atoms with Gasteiger partial charge in [0, 0.05) is 13.5 Å². The minimum atomic E-state index is -0.760. The van der Waals surface area contributed by atoms with Gasteiger partial charge >= 0.3 is 0 Å². The summed E-state index contributed by atoms with van der Waals surface area (Å²) in [5.74, 6) is 0.161. The predicted octanol–water partition coefficient (Wildman–Crippen LogP) is 1.31. The van der Waals surface area contributed by atoms with Crippen LogP contribution in [0.1, 0.15) is 18.4 Å². The van der Waals surface area contributed by atoms with Crippen molar-refractivity contribution < 1.29 is 14.6 Å². The first kappa shape index (κ1) is 16.9. The Labute approximate surface area is 134 Å². The largest absolute Gasteiger partial charge is 0.341 e. The minimum absolute atomic E-state index is 0.0101. The number of aryl methyl sites for hydroxylation is 1. The average Bonchev–Trinajstić information content (AvgIpc) is 2.51. The lowest BCUT2D eigenvalue weighted by Gasteiger charge is -2.34. The molecule has 0 unspecified atom stereocenters. The van der Waals surface area contributed by atoms with Crippen molar-refractivity contribution in [1.29, 1.82) is 0 Å². The van der Waals surface area contributed by atoms with Crippen LogP contribution in [0.3, 0.4) is 0 Å². The lowest BCUT2D eigenvalue weighted by molar-refractivity contribution is -0.486. The zero-order valence-electron chi connectivity index (χ0n) is 13.1. The fraction of sp³-hybridized carbons (Fsp3) is 0.467. The van der Waals surface area contributed by atoms with Crippen LogP contribution in [0.15, 0.2) is 35.4 Å². The first-order valence-electron chi connectivity index (χ1n) is 7.38. The van der Waals surface area contributed by atoms with Gasteiger partial charge in [0.15, 0.2) is 10.8 Å². The van der Waals surface area contributed by atoms with Crippen molar-refractivity contribution >= 4 is 11.7 Å². The van der Waals surface area contributed by atoms with Crippen molar-refractivity contribution in [2.24, 2.45) is 5.10 Å². The van der Waals surface area contributed by atoms with Gasteiger partial charge in [0.05, 0.1) is 6.54 Å². The van der Waals surface area contributed by atoms with E-state index in [0.717, 1.165) is 12.8 Å². The molecule has 1 heterocycles. The number of benzene rings is 1. The Bertz CT molecular complexity index is 576. The van der Waals surface area contributed by atoms with Crippen LogP contribution in [0, 0.1) is 10.1 Å². The topological polar surface area (TPSA) is 88.3 Å². The van der Waals surface area contributed by atoms with Gasteiger partial charge < -0.3 is 14.5 Å². The van der Waals surface area contributed by atoms with Gasteiger partial charge in [-0.1, -0.05) is 30.3 Å². The second kappa shape index (κ2) is 8.23. The Balaban J connectivity index is 1.84. The molecule has 23 heavy (non-hydrogen) atoms. The monoisotopic (exact) mass is 320 g/mol. The fourth-order valence-electron chi connectivity index (χ4n) is 2.40. The molecule has 0 spiro atoms. The van der Waals surface area contributed by atoms with Crippen LogP contribution in [0.4, 0.5) is 0 Å². The van der Waals surface area contributed by atoms with E-state index in [1.54, 1.807) is 7.05 Å². The summed E-state index contributed by atoms with van der Waals surface area (Å²) >= 11 is 0. The van der Waals surface area contributed by atoms with Gasteiger partial charge in [-0.25, -0.2) is 10.1 Å². The van der Waals surface area contributed by atoms with Crippen molar-refractivity contribution in [2.45, 2.75) is 19.3 Å². The number of hydrogen-bond donors (Lipinski definition) is 0. The first-order valence-corrected chi connectivity index (χ1v) is 7.38. The maximum Gasteiger partial charge on any atom is 0.277 e. The molecule has 8 nitrogen and oxygen atoms in total. The SMILES string of the molecule is CN1COCN(CC(=O)CCCc2ccccc2)C1=N[N+](=O)[O-]. The summed E-state index contributed by atoms with van der Waals surface area (Å²) in [5.41, 5.74) is 1.19. The highest BCUT2D eigenvalue weighted by Crippen LogP contribution is 2.09. The Hall–Kier alpha value is -2.48. The molecule has 1 aromatic rings. The van der Waals surface area contributed by atoms with Gasteiger partial charge in [0.2, 0.25) is 0 Å². The van der Waals surface area contributed by atoms with Gasteiger partial charge in [-0.2, -0.15) is 0 Å².